The van der Waals surface area contributed by atoms with Crippen molar-refractivity contribution in [3.8, 4) is 0 Å². The van der Waals surface area contributed by atoms with Crippen LogP contribution in [0.15, 0.2) is 0 Å². The van der Waals surface area contributed by atoms with Crippen molar-refractivity contribution in [2.75, 3.05) is 0 Å². The van der Waals surface area contributed by atoms with E-state index in [2.05, 4.69) is 6.92 Å². The first-order valence-corrected chi connectivity index (χ1v) is 4.37. The molecule has 0 heterocycles. The minimum atomic E-state index is -2.13. The van der Waals surface area contributed by atoms with Crippen molar-refractivity contribution in [3.63, 3.8) is 0 Å². The van der Waals surface area contributed by atoms with Gasteiger partial charge in [0.15, 0.2) is 0 Å². The lowest BCUT2D eigenvalue weighted by Crippen LogP contribution is -1.89. The second kappa shape index (κ2) is 7.96. The molecule has 0 aromatic heterocycles. The summed E-state index contributed by atoms with van der Waals surface area (Å²) in [5.41, 5.74) is 0. The minimum absolute atomic E-state index is 0.0339. The Morgan fingerprint density at radius 2 is 1.91 bits per heavy atom. The highest BCUT2D eigenvalue weighted by Gasteiger charge is 2.00. The molecule has 0 aromatic carbocycles. The predicted molar refractivity (Wildman–Crippen MR) is 43.7 cm³/mol. The van der Waals surface area contributed by atoms with Crippen LogP contribution in [0.4, 0.5) is 8.78 Å². The minimum Gasteiger partial charge on any atom is -0.211 e. The van der Waals surface area contributed by atoms with E-state index in [9.17, 15) is 8.78 Å². The molecule has 0 aliphatic heterocycles. The van der Waals surface area contributed by atoms with Gasteiger partial charge < -0.3 is 0 Å². The van der Waals surface area contributed by atoms with Gasteiger partial charge in [-0.3, -0.25) is 0 Å². The molecule has 0 amide bonds. The maximum Gasteiger partial charge on any atom is 0.238 e. The molecule has 0 saturated heterocycles. The second-order valence-electron chi connectivity index (χ2n) is 2.75. The van der Waals surface area contributed by atoms with Crippen LogP contribution in [0.3, 0.4) is 0 Å². The summed E-state index contributed by atoms with van der Waals surface area (Å²) >= 11 is 0. The lowest BCUT2D eigenvalue weighted by Gasteiger charge is -1.98. The first kappa shape index (κ1) is 10.9. The van der Waals surface area contributed by atoms with E-state index in [1.807, 2.05) is 6.42 Å². The molecule has 0 atom stereocenters. The Labute approximate surface area is 68.0 Å². The Balaban J connectivity index is 2.80. The summed E-state index contributed by atoms with van der Waals surface area (Å²) in [6.07, 6.45) is 5.01. The smallest absolute Gasteiger partial charge is 0.211 e. The average molecular weight is 163 g/mol. The largest absolute Gasteiger partial charge is 0.238 e. The number of unbranched alkanes of at least 4 members (excludes halogenated alkanes) is 5. The van der Waals surface area contributed by atoms with Gasteiger partial charge in [0.05, 0.1) is 0 Å². The number of hydrogen-bond acceptors (Lipinski definition) is 0. The summed E-state index contributed by atoms with van der Waals surface area (Å²) < 4.78 is 23.2. The van der Waals surface area contributed by atoms with Crippen molar-refractivity contribution < 1.29 is 8.78 Å². The zero-order valence-electron chi connectivity index (χ0n) is 7.15. The zero-order chi connectivity index (χ0) is 8.53. The third-order valence-electron chi connectivity index (χ3n) is 1.60. The molecular weight excluding hydrogens is 146 g/mol. The highest BCUT2D eigenvalue weighted by Crippen LogP contribution is 2.09. The van der Waals surface area contributed by atoms with Gasteiger partial charge in [0.25, 0.3) is 0 Å². The first-order valence-electron chi connectivity index (χ1n) is 4.37. The molecule has 0 saturated carbocycles. The van der Waals surface area contributed by atoms with Crippen molar-refractivity contribution in [2.45, 2.75) is 51.9 Å². The third-order valence-corrected chi connectivity index (χ3v) is 1.60. The molecule has 67 valence electrons. The molecular formula is C9H17F2. The Hall–Kier alpha value is -0.140. The quantitative estimate of drug-likeness (QED) is 0.500. The maximum atomic E-state index is 11.6. The number of halogens is 2. The van der Waals surface area contributed by atoms with Crippen molar-refractivity contribution in [2.24, 2.45) is 0 Å². The molecule has 0 aliphatic rings. The number of rotatable bonds is 7. The van der Waals surface area contributed by atoms with Gasteiger partial charge in [-0.15, -0.1) is 0 Å². The lowest BCUT2D eigenvalue weighted by molar-refractivity contribution is 0.137. The van der Waals surface area contributed by atoms with Gasteiger partial charge in [0, 0.05) is 6.42 Å². The summed E-state index contributed by atoms with van der Waals surface area (Å²) in [4.78, 5) is 0. The molecule has 0 spiro atoms. The number of alkyl halides is 2. The van der Waals surface area contributed by atoms with Crippen molar-refractivity contribution in [3.05, 3.63) is 6.42 Å². The van der Waals surface area contributed by atoms with Crippen LogP contribution in [-0.4, -0.2) is 6.43 Å². The Kier molecular flexibility index (Phi) is 7.86. The summed E-state index contributed by atoms with van der Waals surface area (Å²) in [6.45, 7) is 2.14. The standard InChI is InChI=1S/C9H17F2/c1-2-3-4-5-6-7-8-9(10)11/h6,9H,2-5,7-8H2,1H3. The first-order chi connectivity index (χ1) is 5.27. The second-order valence-corrected chi connectivity index (χ2v) is 2.75. The Morgan fingerprint density at radius 1 is 1.18 bits per heavy atom. The zero-order valence-corrected chi connectivity index (χ0v) is 7.15. The molecule has 0 unspecified atom stereocenters. The molecule has 11 heavy (non-hydrogen) atoms. The van der Waals surface area contributed by atoms with Crippen LogP contribution < -0.4 is 0 Å². The van der Waals surface area contributed by atoms with Gasteiger partial charge in [0.1, 0.15) is 0 Å². The maximum absolute atomic E-state index is 11.6. The van der Waals surface area contributed by atoms with Gasteiger partial charge >= 0.3 is 0 Å². The van der Waals surface area contributed by atoms with Crippen LogP contribution in [0.1, 0.15) is 45.4 Å². The fourth-order valence-electron chi connectivity index (χ4n) is 0.927. The predicted octanol–water partition coefficient (Wildman–Crippen LogP) is 3.82. The van der Waals surface area contributed by atoms with Gasteiger partial charge in [0.2, 0.25) is 6.43 Å². The molecule has 0 fully saturated rings. The van der Waals surface area contributed by atoms with Crippen LogP contribution >= 0.6 is 0 Å². The van der Waals surface area contributed by atoms with Crippen LogP contribution in [0, 0.1) is 6.42 Å². The van der Waals surface area contributed by atoms with E-state index >= 15 is 0 Å². The summed E-state index contributed by atoms with van der Waals surface area (Å²) in [5, 5.41) is 0. The van der Waals surface area contributed by atoms with Crippen LogP contribution in [-0.2, 0) is 0 Å². The van der Waals surface area contributed by atoms with E-state index in [1.54, 1.807) is 0 Å². The average Bonchev–Trinajstić information content (AvgIpc) is 1.96. The topological polar surface area (TPSA) is 0 Å². The Bertz CT molecular complexity index is 72.0. The molecule has 1 radical (unpaired) electrons. The van der Waals surface area contributed by atoms with Gasteiger partial charge in [-0.25, -0.2) is 8.78 Å². The van der Waals surface area contributed by atoms with E-state index in [0.29, 0.717) is 6.42 Å². The molecule has 0 aromatic rings. The molecule has 2 heteroatoms. The van der Waals surface area contributed by atoms with E-state index < -0.39 is 6.43 Å². The fourth-order valence-corrected chi connectivity index (χ4v) is 0.927. The molecule has 0 N–H and O–H groups in total. The molecule has 0 nitrogen and oxygen atoms in total. The van der Waals surface area contributed by atoms with E-state index in [-0.39, 0.29) is 6.42 Å². The fraction of sp³-hybridized carbons (Fsp3) is 0.889. The van der Waals surface area contributed by atoms with Crippen molar-refractivity contribution in [1.29, 1.82) is 0 Å². The highest BCUT2D eigenvalue weighted by molar-refractivity contribution is 4.64. The summed E-state index contributed by atoms with van der Waals surface area (Å²) in [7, 11) is 0. The van der Waals surface area contributed by atoms with Crippen LogP contribution in [0.25, 0.3) is 0 Å². The van der Waals surface area contributed by atoms with Crippen LogP contribution in [0.2, 0.25) is 0 Å². The SMILES string of the molecule is CCCCC[CH]CCC(F)F. The van der Waals surface area contributed by atoms with Crippen molar-refractivity contribution >= 4 is 0 Å². The highest BCUT2D eigenvalue weighted by atomic mass is 19.3. The van der Waals surface area contributed by atoms with E-state index in [0.717, 1.165) is 12.8 Å². The summed E-state index contributed by atoms with van der Waals surface area (Å²) in [5.74, 6) is 0. The van der Waals surface area contributed by atoms with Gasteiger partial charge in [-0.1, -0.05) is 32.6 Å². The molecule has 0 bridgehead atoms. The summed E-state index contributed by atoms with van der Waals surface area (Å²) in [6, 6.07) is 0. The van der Waals surface area contributed by atoms with E-state index in [1.165, 1.54) is 12.8 Å². The lowest BCUT2D eigenvalue weighted by atomic mass is 10.1. The van der Waals surface area contributed by atoms with E-state index in [4.69, 9.17) is 0 Å². The number of hydrogen-bond donors (Lipinski definition) is 0. The Morgan fingerprint density at radius 3 is 2.45 bits per heavy atom. The monoisotopic (exact) mass is 163 g/mol. The molecule has 0 rings (SSSR count). The van der Waals surface area contributed by atoms with Crippen LogP contribution in [0.5, 0.6) is 0 Å². The van der Waals surface area contributed by atoms with Gasteiger partial charge in [-0.05, 0) is 12.8 Å². The van der Waals surface area contributed by atoms with Crippen molar-refractivity contribution in [1.82, 2.24) is 0 Å². The van der Waals surface area contributed by atoms with Gasteiger partial charge in [-0.2, -0.15) is 0 Å². The third kappa shape index (κ3) is 9.86. The normalized spacial score (nSPS) is 10.9. The molecule has 0 aliphatic carbocycles.